The van der Waals surface area contributed by atoms with Crippen molar-refractivity contribution in [2.24, 2.45) is 0 Å². The van der Waals surface area contributed by atoms with Gasteiger partial charge in [-0.3, -0.25) is 0 Å². The second-order valence-corrected chi connectivity index (χ2v) is 1.99. The molecule has 0 atom stereocenters. The van der Waals surface area contributed by atoms with Gasteiger partial charge in [0, 0.05) is 0 Å². The Bertz CT molecular complexity index is 155. The van der Waals surface area contributed by atoms with Crippen LogP contribution in [-0.2, 0) is 0 Å². The van der Waals surface area contributed by atoms with Crippen molar-refractivity contribution in [2.75, 3.05) is 0 Å². The summed E-state index contributed by atoms with van der Waals surface area (Å²) in [6.45, 7) is 0. The fraction of sp³-hybridized carbons (Fsp3) is 0. The third kappa shape index (κ3) is 3.51. The molecular formula is C6H6BClO2. The first-order valence-corrected chi connectivity index (χ1v) is 2.68. The summed E-state index contributed by atoms with van der Waals surface area (Å²) < 4.78 is 0. The van der Waals surface area contributed by atoms with Crippen molar-refractivity contribution in [1.29, 1.82) is 0 Å². The van der Waals surface area contributed by atoms with E-state index in [0.29, 0.717) is 0 Å². The van der Waals surface area contributed by atoms with Gasteiger partial charge in [0.15, 0.2) is 0 Å². The standard InChI is InChI=1S/C6H4BCl.2H2O/c7-5-1-3-6(8)4-2-5;;/h1-4H;2*1H2/q+2;;/p-2. The van der Waals surface area contributed by atoms with Crippen LogP contribution in [0.15, 0.2) is 24.3 Å². The first kappa shape index (κ1) is 12.2. The molecule has 0 saturated carbocycles. The zero-order chi connectivity index (χ0) is 5.98. The van der Waals surface area contributed by atoms with Crippen molar-refractivity contribution >= 4 is 24.9 Å². The smallest absolute Gasteiger partial charge is 0.870 e. The summed E-state index contributed by atoms with van der Waals surface area (Å²) in [5.74, 6) is 0. The molecule has 0 spiro atoms. The van der Waals surface area contributed by atoms with Gasteiger partial charge >= 0.3 is 54.2 Å². The van der Waals surface area contributed by atoms with Crippen molar-refractivity contribution < 1.29 is 11.0 Å². The zero-order valence-corrected chi connectivity index (χ0v) is 5.92. The van der Waals surface area contributed by atoms with Gasteiger partial charge in [-0.1, -0.05) is 0 Å². The van der Waals surface area contributed by atoms with E-state index < -0.39 is 0 Å². The van der Waals surface area contributed by atoms with Crippen LogP contribution in [0.1, 0.15) is 0 Å². The predicted molar refractivity (Wildman–Crippen MR) is 40.7 cm³/mol. The van der Waals surface area contributed by atoms with E-state index in [1.54, 1.807) is 24.3 Å². The maximum Gasteiger partial charge on any atom is -0.870 e. The molecule has 10 heavy (non-hydrogen) atoms. The van der Waals surface area contributed by atoms with Gasteiger partial charge in [-0.2, -0.15) is 0 Å². The Morgan fingerprint density at radius 1 is 1.00 bits per heavy atom. The van der Waals surface area contributed by atoms with Gasteiger partial charge in [-0.05, 0) is 0 Å². The largest absolute Gasteiger partial charge is 0.870 e. The van der Waals surface area contributed by atoms with E-state index in [9.17, 15) is 0 Å². The second kappa shape index (κ2) is 5.29. The SMILES string of the molecule is [B+2]c1ccc(Cl)cc1.[OH-].[OH-]. The summed E-state index contributed by atoms with van der Waals surface area (Å²) in [5, 5.41) is 0.721. The fourth-order valence-corrected chi connectivity index (χ4v) is 0.589. The monoisotopic (exact) mass is 156 g/mol. The minimum absolute atomic E-state index is 0. The molecule has 0 radical (unpaired) electrons. The molecule has 2 N–H and O–H groups in total. The molecule has 2 nitrogen and oxygen atoms in total. The first-order chi connectivity index (χ1) is 3.79. The molecule has 0 amide bonds. The van der Waals surface area contributed by atoms with Crippen molar-refractivity contribution in [2.45, 2.75) is 0 Å². The summed E-state index contributed by atoms with van der Waals surface area (Å²) in [4.78, 5) is 0. The van der Waals surface area contributed by atoms with E-state index in [4.69, 9.17) is 19.4 Å². The fourth-order valence-electron chi connectivity index (χ4n) is 0.463. The van der Waals surface area contributed by atoms with E-state index in [-0.39, 0.29) is 11.0 Å². The third-order valence-corrected chi connectivity index (χ3v) is 1.12. The number of hydrogen-bond donors (Lipinski definition) is 0. The van der Waals surface area contributed by atoms with Crippen LogP contribution in [-0.4, -0.2) is 18.8 Å². The summed E-state index contributed by atoms with van der Waals surface area (Å²) in [5.41, 5.74) is 0.745. The van der Waals surface area contributed by atoms with Gasteiger partial charge in [0.1, 0.15) is 0 Å². The topological polar surface area (TPSA) is 60.0 Å². The van der Waals surface area contributed by atoms with Crippen molar-refractivity contribution in [1.82, 2.24) is 0 Å². The van der Waals surface area contributed by atoms with Crippen LogP contribution in [0.5, 0.6) is 0 Å². The summed E-state index contributed by atoms with van der Waals surface area (Å²) in [6, 6.07) is 7.05. The maximum absolute atomic E-state index is 5.56. The number of hydrogen-bond acceptors (Lipinski definition) is 2. The Kier molecular flexibility index (Phi) is 6.46. The molecule has 4 heteroatoms. The Balaban J connectivity index is 0. The number of rotatable bonds is 0. The molecule has 0 unspecified atom stereocenters. The van der Waals surface area contributed by atoms with Crippen molar-refractivity contribution in [3.05, 3.63) is 29.3 Å². The molecule has 0 aliphatic carbocycles. The molecule has 0 heterocycles. The quantitative estimate of drug-likeness (QED) is 0.521. The molecule has 0 aliphatic rings. The summed E-state index contributed by atoms with van der Waals surface area (Å²) in [6.07, 6.45) is 0. The van der Waals surface area contributed by atoms with Crippen molar-refractivity contribution in [3.8, 4) is 0 Å². The zero-order valence-electron chi connectivity index (χ0n) is 5.16. The Labute approximate surface area is 65.8 Å². The van der Waals surface area contributed by atoms with Crippen LogP contribution in [0, 0.1) is 0 Å². The van der Waals surface area contributed by atoms with Crippen LogP contribution in [0.2, 0.25) is 5.02 Å². The van der Waals surface area contributed by atoms with Gasteiger partial charge < -0.3 is 11.0 Å². The van der Waals surface area contributed by atoms with E-state index in [1.807, 2.05) is 0 Å². The second-order valence-electron chi connectivity index (χ2n) is 1.55. The average molecular weight is 156 g/mol. The van der Waals surface area contributed by atoms with Crippen LogP contribution >= 0.6 is 11.6 Å². The molecule has 1 aromatic carbocycles. The molecule has 0 fully saturated rings. The molecule has 0 aliphatic heterocycles. The first-order valence-electron chi connectivity index (χ1n) is 2.30. The van der Waals surface area contributed by atoms with Gasteiger partial charge in [0.05, 0.1) is 0 Å². The third-order valence-electron chi connectivity index (χ3n) is 0.870. The minimum Gasteiger partial charge on any atom is -0.870 e. The predicted octanol–water partition coefficient (Wildman–Crippen LogP) is 0.780. The average Bonchev–Trinajstić information content (AvgIpc) is 1.77. The van der Waals surface area contributed by atoms with Gasteiger partial charge in [0.2, 0.25) is 0 Å². The van der Waals surface area contributed by atoms with Gasteiger partial charge in [0.25, 0.3) is 0 Å². The van der Waals surface area contributed by atoms with Crippen LogP contribution < -0.4 is 5.46 Å². The van der Waals surface area contributed by atoms with Crippen molar-refractivity contribution in [3.63, 3.8) is 0 Å². The van der Waals surface area contributed by atoms with E-state index in [0.717, 1.165) is 10.5 Å². The Morgan fingerprint density at radius 3 is 1.70 bits per heavy atom. The van der Waals surface area contributed by atoms with Gasteiger partial charge in [-0.15, -0.1) is 0 Å². The molecule has 52 valence electrons. The van der Waals surface area contributed by atoms with Crippen LogP contribution in [0.3, 0.4) is 0 Å². The molecule has 0 aromatic heterocycles. The molecule has 1 rings (SSSR count). The normalized spacial score (nSPS) is 7.50. The van der Waals surface area contributed by atoms with E-state index in [1.165, 1.54) is 0 Å². The van der Waals surface area contributed by atoms with Crippen LogP contribution in [0.4, 0.5) is 0 Å². The van der Waals surface area contributed by atoms with Crippen LogP contribution in [0.25, 0.3) is 0 Å². The minimum atomic E-state index is 0. The molecule has 1 aromatic rings. The molecular weight excluding hydrogens is 150 g/mol. The van der Waals surface area contributed by atoms with E-state index in [2.05, 4.69) is 0 Å². The molecule has 0 bridgehead atoms. The summed E-state index contributed by atoms with van der Waals surface area (Å²) in [7, 11) is 5.37. The number of halogens is 1. The Morgan fingerprint density at radius 2 is 1.40 bits per heavy atom. The number of benzene rings is 1. The van der Waals surface area contributed by atoms with E-state index >= 15 is 0 Å². The Hall–Kier alpha value is -0.505. The molecule has 0 saturated heterocycles. The van der Waals surface area contributed by atoms with Gasteiger partial charge in [-0.25, -0.2) is 0 Å². The maximum atomic E-state index is 5.56. The summed E-state index contributed by atoms with van der Waals surface area (Å²) >= 11 is 5.56.